The van der Waals surface area contributed by atoms with E-state index in [1.165, 1.54) is 18.5 Å². The van der Waals surface area contributed by atoms with E-state index in [1.807, 2.05) is 13.0 Å². The third-order valence-electron chi connectivity index (χ3n) is 5.13. The van der Waals surface area contributed by atoms with Crippen molar-refractivity contribution < 1.29 is 18.0 Å². The SMILES string of the molecule is Cc1ccc(C(=O)NCc2cccc(C(F)(F)F)c2)cc1Nc1ncccc1-c1ccncn1. The van der Waals surface area contributed by atoms with Gasteiger partial charge in [-0.15, -0.1) is 0 Å². The van der Waals surface area contributed by atoms with Crippen LogP contribution in [0.3, 0.4) is 0 Å². The highest BCUT2D eigenvalue weighted by Gasteiger charge is 2.30. The predicted molar refractivity (Wildman–Crippen MR) is 122 cm³/mol. The van der Waals surface area contributed by atoms with Crippen LogP contribution in [0.2, 0.25) is 0 Å². The van der Waals surface area contributed by atoms with Crippen molar-refractivity contribution in [2.75, 3.05) is 5.32 Å². The average molecular weight is 463 g/mol. The van der Waals surface area contributed by atoms with Crippen molar-refractivity contribution in [3.05, 3.63) is 102 Å². The maximum Gasteiger partial charge on any atom is 0.416 e. The molecule has 4 rings (SSSR count). The highest BCUT2D eigenvalue weighted by Crippen LogP contribution is 2.30. The second kappa shape index (κ2) is 9.70. The minimum absolute atomic E-state index is 0.0303. The van der Waals surface area contributed by atoms with Crippen molar-refractivity contribution in [1.29, 1.82) is 0 Å². The lowest BCUT2D eigenvalue weighted by Crippen LogP contribution is -2.23. The van der Waals surface area contributed by atoms with Gasteiger partial charge in [0, 0.05) is 35.8 Å². The van der Waals surface area contributed by atoms with Gasteiger partial charge in [0.1, 0.15) is 12.1 Å². The highest BCUT2D eigenvalue weighted by molar-refractivity contribution is 5.95. The number of benzene rings is 2. The van der Waals surface area contributed by atoms with E-state index in [2.05, 4.69) is 25.6 Å². The van der Waals surface area contributed by atoms with Gasteiger partial charge in [0.05, 0.1) is 11.3 Å². The molecular weight excluding hydrogens is 443 g/mol. The summed E-state index contributed by atoms with van der Waals surface area (Å²) in [7, 11) is 0. The van der Waals surface area contributed by atoms with E-state index in [0.717, 1.165) is 23.3 Å². The number of halogens is 3. The number of carbonyl (C=O) groups is 1. The summed E-state index contributed by atoms with van der Waals surface area (Å²) in [6, 6.07) is 15.4. The molecule has 6 nitrogen and oxygen atoms in total. The van der Waals surface area contributed by atoms with E-state index in [1.54, 1.807) is 42.7 Å². The number of nitrogens with zero attached hydrogens (tertiary/aromatic N) is 3. The third-order valence-corrected chi connectivity index (χ3v) is 5.13. The topological polar surface area (TPSA) is 79.8 Å². The molecule has 0 bridgehead atoms. The van der Waals surface area contributed by atoms with Crippen molar-refractivity contribution >= 4 is 17.4 Å². The third kappa shape index (κ3) is 5.37. The molecular formula is C25H20F3N5O. The smallest absolute Gasteiger partial charge is 0.348 e. The van der Waals surface area contributed by atoms with Gasteiger partial charge in [-0.2, -0.15) is 13.2 Å². The quantitative estimate of drug-likeness (QED) is 0.393. The molecule has 34 heavy (non-hydrogen) atoms. The van der Waals surface area contributed by atoms with Crippen molar-refractivity contribution in [2.45, 2.75) is 19.6 Å². The summed E-state index contributed by atoms with van der Waals surface area (Å²) < 4.78 is 38.8. The predicted octanol–water partition coefficient (Wildman–Crippen LogP) is 5.54. The summed E-state index contributed by atoms with van der Waals surface area (Å²) in [5.74, 6) is 0.156. The van der Waals surface area contributed by atoms with Gasteiger partial charge in [0.2, 0.25) is 0 Å². The van der Waals surface area contributed by atoms with Crippen LogP contribution in [0.25, 0.3) is 11.3 Å². The van der Waals surface area contributed by atoms with Crippen molar-refractivity contribution in [3.8, 4) is 11.3 Å². The largest absolute Gasteiger partial charge is 0.416 e. The fourth-order valence-electron chi connectivity index (χ4n) is 3.33. The summed E-state index contributed by atoms with van der Waals surface area (Å²) in [6.45, 7) is 1.86. The monoisotopic (exact) mass is 463 g/mol. The molecule has 0 aliphatic carbocycles. The van der Waals surface area contributed by atoms with E-state index in [9.17, 15) is 18.0 Å². The number of aryl methyl sites for hydroxylation is 1. The second-order valence-corrected chi connectivity index (χ2v) is 7.53. The molecule has 0 fully saturated rings. The Labute approximate surface area is 193 Å². The van der Waals surface area contributed by atoms with Crippen LogP contribution in [0.4, 0.5) is 24.7 Å². The minimum Gasteiger partial charge on any atom is -0.348 e. The summed E-state index contributed by atoms with van der Waals surface area (Å²) in [4.78, 5) is 25.3. The van der Waals surface area contributed by atoms with Crippen LogP contribution < -0.4 is 10.6 Å². The maximum atomic E-state index is 12.9. The number of rotatable bonds is 6. The van der Waals surface area contributed by atoms with Crippen LogP contribution in [0.15, 0.2) is 79.4 Å². The summed E-state index contributed by atoms with van der Waals surface area (Å²) in [6.07, 6.45) is 0.300. The highest BCUT2D eigenvalue weighted by atomic mass is 19.4. The van der Waals surface area contributed by atoms with Crippen molar-refractivity contribution in [1.82, 2.24) is 20.3 Å². The molecule has 2 aromatic heterocycles. The van der Waals surface area contributed by atoms with Crippen LogP contribution in [-0.4, -0.2) is 20.9 Å². The lowest BCUT2D eigenvalue weighted by atomic mass is 10.1. The zero-order valence-corrected chi connectivity index (χ0v) is 18.1. The van der Waals surface area contributed by atoms with Gasteiger partial charge in [-0.25, -0.2) is 15.0 Å². The Morgan fingerprint density at radius 2 is 1.82 bits per heavy atom. The maximum absolute atomic E-state index is 12.9. The molecule has 2 heterocycles. The molecule has 0 aliphatic rings. The molecule has 9 heteroatoms. The fourth-order valence-corrected chi connectivity index (χ4v) is 3.33. The Morgan fingerprint density at radius 3 is 2.59 bits per heavy atom. The molecule has 0 atom stereocenters. The lowest BCUT2D eigenvalue weighted by Gasteiger charge is -2.14. The first-order chi connectivity index (χ1) is 16.3. The van der Waals surface area contributed by atoms with Crippen LogP contribution in [0.1, 0.15) is 27.0 Å². The van der Waals surface area contributed by atoms with Gasteiger partial charge in [0.15, 0.2) is 0 Å². The van der Waals surface area contributed by atoms with Crippen molar-refractivity contribution in [2.24, 2.45) is 0 Å². The number of carbonyl (C=O) groups excluding carboxylic acids is 1. The van der Waals surface area contributed by atoms with Gasteiger partial charge in [-0.05, 0) is 60.5 Å². The fraction of sp³-hybridized carbons (Fsp3) is 0.120. The molecule has 0 radical (unpaired) electrons. The molecule has 0 spiro atoms. The minimum atomic E-state index is -4.44. The standard InChI is InChI=1S/C25H20F3N5O/c1-16-7-8-18(24(34)31-14-17-4-2-5-19(12-17)25(26,27)28)13-22(16)33-23-20(6-3-10-30-23)21-9-11-29-15-32-21/h2-13,15H,14H2,1H3,(H,30,33)(H,31,34). The summed E-state index contributed by atoms with van der Waals surface area (Å²) >= 11 is 0. The molecule has 0 aliphatic heterocycles. The zero-order valence-electron chi connectivity index (χ0n) is 18.1. The lowest BCUT2D eigenvalue weighted by molar-refractivity contribution is -0.137. The zero-order chi connectivity index (χ0) is 24.1. The second-order valence-electron chi connectivity index (χ2n) is 7.53. The summed E-state index contributed by atoms with van der Waals surface area (Å²) in [5, 5.41) is 5.93. The number of hydrogen-bond donors (Lipinski definition) is 2. The summed E-state index contributed by atoms with van der Waals surface area (Å²) in [5.41, 5.74) is 2.98. The Morgan fingerprint density at radius 1 is 0.971 bits per heavy atom. The Bertz CT molecular complexity index is 1310. The average Bonchev–Trinajstić information content (AvgIpc) is 2.84. The first-order valence-corrected chi connectivity index (χ1v) is 10.3. The molecule has 0 saturated heterocycles. The number of anilines is 2. The van der Waals surface area contributed by atoms with Crippen molar-refractivity contribution in [3.63, 3.8) is 0 Å². The number of alkyl halides is 3. The van der Waals surface area contributed by atoms with E-state index in [0.29, 0.717) is 28.3 Å². The molecule has 1 amide bonds. The van der Waals surface area contributed by atoms with Gasteiger partial charge in [-0.3, -0.25) is 4.79 Å². The molecule has 0 unspecified atom stereocenters. The molecule has 172 valence electrons. The van der Waals surface area contributed by atoms with E-state index >= 15 is 0 Å². The Balaban J connectivity index is 1.52. The molecule has 2 N–H and O–H groups in total. The number of nitrogens with one attached hydrogen (secondary N) is 2. The van der Waals surface area contributed by atoms with Gasteiger partial charge < -0.3 is 10.6 Å². The Hall–Kier alpha value is -4.27. The molecule has 0 saturated carbocycles. The van der Waals surface area contributed by atoms with Gasteiger partial charge in [-0.1, -0.05) is 18.2 Å². The van der Waals surface area contributed by atoms with E-state index in [4.69, 9.17) is 0 Å². The van der Waals surface area contributed by atoms with Crippen LogP contribution >= 0.6 is 0 Å². The molecule has 4 aromatic rings. The number of hydrogen-bond acceptors (Lipinski definition) is 5. The van der Waals surface area contributed by atoms with Crippen LogP contribution in [-0.2, 0) is 12.7 Å². The van der Waals surface area contributed by atoms with Gasteiger partial charge in [0.25, 0.3) is 5.91 Å². The normalized spacial score (nSPS) is 11.2. The number of aromatic nitrogens is 3. The van der Waals surface area contributed by atoms with E-state index in [-0.39, 0.29) is 6.54 Å². The van der Waals surface area contributed by atoms with Crippen LogP contribution in [0, 0.1) is 6.92 Å². The van der Waals surface area contributed by atoms with Gasteiger partial charge >= 0.3 is 6.18 Å². The van der Waals surface area contributed by atoms with E-state index < -0.39 is 17.6 Å². The first kappa shape index (κ1) is 22.9. The molecule has 2 aromatic carbocycles. The number of pyridine rings is 1. The number of amides is 1. The van der Waals surface area contributed by atoms with Crippen LogP contribution in [0.5, 0.6) is 0 Å². The Kier molecular flexibility index (Phi) is 6.53. The first-order valence-electron chi connectivity index (χ1n) is 10.3.